The minimum Gasteiger partial charge on any atom is -0.493 e. The minimum atomic E-state index is -0.376. The number of hydrazone groups is 1. The van der Waals surface area contributed by atoms with Gasteiger partial charge in [-0.1, -0.05) is 0 Å². The predicted octanol–water partition coefficient (Wildman–Crippen LogP) is 2.21. The summed E-state index contributed by atoms with van der Waals surface area (Å²) < 4.78 is 26.4. The van der Waals surface area contributed by atoms with Crippen LogP contribution >= 0.6 is 0 Å². The van der Waals surface area contributed by atoms with Gasteiger partial charge >= 0.3 is 0 Å². The maximum atomic E-state index is 12.2. The highest BCUT2D eigenvalue weighted by Gasteiger charge is 2.17. The van der Waals surface area contributed by atoms with Gasteiger partial charge in [0.1, 0.15) is 0 Å². The molecule has 8 nitrogen and oxygen atoms in total. The van der Waals surface area contributed by atoms with Crippen LogP contribution in [-0.4, -0.2) is 40.2 Å². The lowest BCUT2D eigenvalue weighted by molar-refractivity contribution is 0.0954. The van der Waals surface area contributed by atoms with Crippen molar-refractivity contribution in [1.29, 1.82) is 0 Å². The van der Waals surface area contributed by atoms with Crippen LogP contribution in [0.25, 0.3) is 0 Å². The van der Waals surface area contributed by atoms with E-state index in [9.17, 15) is 4.79 Å². The number of hydrogen-bond donors (Lipinski definition) is 1. The Morgan fingerprint density at radius 1 is 1.04 bits per heavy atom. The molecule has 0 unspecified atom stereocenters. The van der Waals surface area contributed by atoms with Gasteiger partial charge in [-0.25, -0.2) is 5.43 Å². The Kier molecular flexibility index (Phi) is 5.12. The maximum absolute atomic E-state index is 12.2. The van der Waals surface area contributed by atoms with E-state index in [2.05, 4.69) is 10.5 Å². The second-order valence-corrected chi connectivity index (χ2v) is 5.19. The maximum Gasteiger partial charge on any atom is 0.271 e. The highest BCUT2D eigenvalue weighted by atomic mass is 16.7. The first-order valence-electron chi connectivity index (χ1n) is 7.70. The largest absolute Gasteiger partial charge is 0.493 e. The zero-order chi connectivity index (χ0) is 18.5. The molecule has 1 aliphatic rings. The summed E-state index contributed by atoms with van der Waals surface area (Å²) in [5.41, 5.74) is 3.49. The molecule has 0 fully saturated rings. The standard InChI is InChI=1S/C18H18N2O6/c1-22-14-7-5-12(16(23-2)17(14)24-3)9-19-20-18(21)11-4-6-13-15(8-11)26-10-25-13/h4-9H,10H2,1-3H3,(H,20,21)/b19-9-. The lowest BCUT2D eigenvalue weighted by atomic mass is 10.2. The van der Waals surface area contributed by atoms with Crippen molar-refractivity contribution in [2.45, 2.75) is 0 Å². The molecule has 3 rings (SSSR count). The van der Waals surface area contributed by atoms with Crippen LogP contribution in [0.4, 0.5) is 0 Å². The SMILES string of the molecule is COc1ccc(/C=N\NC(=O)c2ccc3c(c2)OCO3)c(OC)c1OC. The normalized spacial score (nSPS) is 12.1. The summed E-state index contributed by atoms with van der Waals surface area (Å²) in [4.78, 5) is 12.2. The van der Waals surface area contributed by atoms with Crippen LogP contribution in [-0.2, 0) is 0 Å². The van der Waals surface area contributed by atoms with Crippen LogP contribution in [0.3, 0.4) is 0 Å². The molecule has 2 aromatic rings. The molecule has 1 heterocycles. The third kappa shape index (κ3) is 3.34. The molecule has 1 N–H and O–H groups in total. The van der Waals surface area contributed by atoms with E-state index in [1.54, 1.807) is 30.3 Å². The number of methoxy groups -OCH3 is 3. The van der Waals surface area contributed by atoms with Crippen LogP contribution in [0, 0.1) is 0 Å². The van der Waals surface area contributed by atoms with Gasteiger partial charge < -0.3 is 23.7 Å². The van der Waals surface area contributed by atoms with E-state index >= 15 is 0 Å². The molecule has 2 aromatic carbocycles. The van der Waals surface area contributed by atoms with E-state index in [1.165, 1.54) is 27.5 Å². The topological polar surface area (TPSA) is 87.6 Å². The number of rotatable bonds is 6. The molecule has 0 radical (unpaired) electrons. The summed E-state index contributed by atoms with van der Waals surface area (Å²) in [6, 6.07) is 8.39. The lowest BCUT2D eigenvalue weighted by Gasteiger charge is -2.13. The smallest absolute Gasteiger partial charge is 0.271 e. The highest BCUT2D eigenvalue weighted by molar-refractivity contribution is 5.96. The number of nitrogens with one attached hydrogen (secondary N) is 1. The fourth-order valence-electron chi connectivity index (χ4n) is 2.49. The molecular formula is C18H18N2O6. The van der Waals surface area contributed by atoms with Gasteiger partial charge in [-0.05, 0) is 30.3 Å². The summed E-state index contributed by atoms with van der Waals surface area (Å²) >= 11 is 0. The second kappa shape index (κ2) is 7.64. The van der Waals surface area contributed by atoms with Gasteiger partial charge in [-0.15, -0.1) is 0 Å². The Morgan fingerprint density at radius 2 is 1.81 bits per heavy atom. The Hall–Kier alpha value is -3.42. The molecule has 26 heavy (non-hydrogen) atoms. The fourth-order valence-corrected chi connectivity index (χ4v) is 2.49. The van der Waals surface area contributed by atoms with Gasteiger partial charge in [0.15, 0.2) is 23.0 Å². The van der Waals surface area contributed by atoms with Crippen molar-refractivity contribution in [3.05, 3.63) is 41.5 Å². The van der Waals surface area contributed by atoms with Gasteiger partial charge in [0.25, 0.3) is 5.91 Å². The summed E-state index contributed by atoms with van der Waals surface area (Å²) in [6.07, 6.45) is 1.46. The van der Waals surface area contributed by atoms with E-state index < -0.39 is 0 Å². The number of fused-ring (bicyclic) bond motifs is 1. The van der Waals surface area contributed by atoms with Crippen LogP contribution in [0.2, 0.25) is 0 Å². The van der Waals surface area contributed by atoms with Crippen molar-refractivity contribution in [3.63, 3.8) is 0 Å². The second-order valence-electron chi connectivity index (χ2n) is 5.19. The van der Waals surface area contributed by atoms with E-state index in [1.807, 2.05) is 0 Å². The quantitative estimate of drug-likeness (QED) is 0.629. The fraction of sp³-hybridized carbons (Fsp3) is 0.222. The van der Waals surface area contributed by atoms with E-state index in [0.29, 0.717) is 39.9 Å². The third-order valence-corrected chi connectivity index (χ3v) is 3.74. The monoisotopic (exact) mass is 358 g/mol. The van der Waals surface area contributed by atoms with Gasteiger partial charge in [-0.3, -0.25) is 4.79 Å². The zero-order valence-electron chi connectivity index (χ0n) is 14.6. The number of benzene rings is 2. The summed E-state index contributed by atoms with van der Waals surface area (Å²) in [5, 5.41) is 3.98. The Balaban J connectivity index is 1.75. The summed E-state index contributed by atoms with van der Waals surface area (Å²) in [6.45, 7) is 0.150. The molecule has 0 aliphatic carbocycles. The van der Waals surface area contributed by atoms with Crippen LogP contribution in [0.5, 0.6) is 28.7 Å². The Morgan fingerprint density at radius 3 is 2.54 bits per heavy atom. The number of carbonyl (C=O) groups excluding carboxylic acids is 1. The molecule has 1 amide bonds. The van der Waals surface area contributed by atoms with Crippen molar-refractivity contribution in [2.75, 3.05) is 28.1 Å². The first-order valence-corrected chi connectivity index (χ1v) is 7.70. The molecule has 0 aromatic heterocycles. The van der Waals surface area contributed by atoms with Crippen molar-refractivity contribution < 1.29 is 28.5 Å². The van der Waals surface area contributed by atoms with Gasteiger partial charge in [-0.2, -0.15) is 5.10 Å². The molecule has 8 heteroatoms. The Bertz CT molecular complexity index is 850. The Labute approximate surface area is 150 Å². The van der Waals surface area contributed by atoms with Crippen LogP contribution in [0.1, 0.15) is 15.9 Å². The predicted molar refractivity (Wildman–Crippen MR) is 93.7 cm³/mol. The molecule has 1 aliphatic heterocycles. The summed E-state index contributed by atoms with van der Waals surface area (Å²) in [7, 11) is 4.57. The average Bonchev–Trinajstić information content (AvgIpc) is 3.14. The lowest BCUT2D eigenvalue weighted by Crippen LogP contribution is -2.17. The minimum absolute atomic E-state index is 0.150. The number of carbonyl (C=O) groups is 1. The number of nitrogens with zero attached hydrogens (tertiary/aromatic N) is 1. The van der Waals surface area contributed by atoms with Crippen molar-refractivity contribution in [2.24, 2.45) is 5.10 Å². The van der Waals surface area contributed by atoms with Gasteiger partial charge in [0.2, 0.25) is 12.5 Å². The number of hydrogen-bond acceptors (Lipinski definition) is 7. The van der Waals surface area contributed by atoms with Gasteiger partial charge in [0.05, 0.1) is 27.5 Å². The first-order chi connectivity index (χ1) is 12.7. The van der Waals surface area contributed by atoms with Crippen molar-refractivity contribution in [1.82, 2.24) is 5.43 Å². The molecule has 0 spiro atoms. The van der Waals surface area contributed by atoms with E-state index in [-0.39, 0.29) is 12.7 Å². The third-order valence-electron chi connectivity index (χ3n) is 3.74. The van der Waals surface area contributed by atoms with Crippen molar-refractivity contribution >= 4 is 12.1 Å². The molecular weight excluding hydrogens is 340 g/mol. The van der Waals surface area contributed by atoms with Crippen LogP contribution < -0.4 is 29.1 Å². The molecule has 136 valence electrons. The molecule has 0 atom stereocenters. The zero-order valence-corrected chi connectivity index (χ0v) is 14.6. The van der Waals surface area contributed by atoms with Gasteiger partial charge in [0, 0.05) is 11.1 Å². The molecule has 0 bridgehead atoms. The van der Waals surface area contributed by atoms with E-state index in [0.717, 1.165) is 0 Å². The summed E-state index contributed by atoms with van der Waals surface area (Å²) in [5.74, 6) is 2.20. The molecule has 0 saturated heterocycles. The van der Waals surface area contributed by atoms with E-state index in [4.69, 9.17) is 23.7 Å². The average molecular weight is 358 g/mol. The highest BCUT2D eigenvalue weighted by Crippen LogP contribution is 2.39. The number of ether oxygens (including phenoxy) is 5. The molecule has 0 saturated carbocycles. The van der Waals surface area contributed by atoms with Crippen molar-refractivity contribution in [3.8, 4) is 28.7 Å². The number of amides is 1. The first kappa shape index (κ1) is 17.4. The van der Waals surface area contributed by atoms with Crippen LogP contribution in [0.15, 0.2) is 35.4 Å².